The van der Waals surface area contributed by atoms with Gasteiger partial charge in [0.2, 0.25) is 0 Å². The molecule has 1 aromatic heterocycles. The summed E-state index contributed by atoms with van der Waals surface area (Å²) in [6, 6.07) is 1.95. The predicted octanol–water partition coefficient (Wildman–Crippen LogP) is 1.27. The number of hydrogen-bond donors (Lipinski definition) is 0. The summed E-state index contributed by atoms with van der Waals surface area (Å²) in [5, 5.41) is 3.93. The Morgan fingerprint density at radius 2 is 2.33 bits per heavy atom. The third-order valence-electron chi connectivity index (χ3n) is 1.27. The van der Waals surface area contributed by atoms with E-state index in [1.54, 1.807) is 11.3 Å². The van der Waals surface area contributed by atoms with Gasteiger partial charge >= 0.3 is 0 Å². The van der Waals surface area contributed by atoms with Crippen molar-refractivity contribution in [1.82, 2.24) is 0 Å². The van der Waals surface area contributed by atoms with Gasteiger partial charge in [0, 0.05) is 0 Å². The summed E-state index contributed by atoms with van der Waals surface area (Å²) < 4.78 is 25.7. The maximum absolute atomic E-state index is 10.5. The minimum absolute atomic E-state index is 0.232. The quantitative estimate of drug-likeness (QED) is 0.697. The van der Waals surface area contributed by atoms with Gasteiger partial charge in [-0.3, -0.25) is 4.18 Å². The summed E-state index contributed by atoms with van der Waals surface area (Å²) in [6.07, 6.45) is 1.71. The lowest BCUT2D eigenvalue weighted by Crippen LogP contribution is -2.05. The summed E-state index contributed by atoms with van der Waals surface area (Å²) >= 11 is 1.59. The van der Waals surface area contributed by atoms with Crippen LogP contribution in [0.5, 0.6) is 0 Å². The van der Waals surface area contributed by atoms with Gasteiger partial charge in [0.15, 0.2) is 0 Å². The molecule has 0 bridgehead atoms. The lowest BCUT2D eigenvalue weighted by Gasteiger charge is -1.98. The first-order valence-corrected chi connectivity index (χ1v) is 6.19. The predicted molar refractivity (Wildman–Crippen MR) is 48.8 cm³/mol. The van der Waals surface area contributed by atoms with Crippen molar-refractivity contribution in [1.29, 1.82) is 0 Å². The summed E-state index contributed by atoms with van der Waals surface area (Å²) in [6.45, 7) is 0.232. The Balaban J connectivity index is 2.29. The van der Waals surface area contributed by atoms with Crippen molar-refractivity contribution in [2.24, 2.45) is 0 Å². The van der Waals surface area contributed by atoms with Crippen LogP contribution in [-0.4, -0.2) is 21.3 Å². The van der Waals surface area contributed by atoms with Crippen molar-refractivity contribution in [3.63, 3.8) is 0 Å². The van der Waals surface area contributed by atoms with Crippen LogP contribution in [0.25, 0.3) is 0 Å². The fourth-order valence-electron chi connectivity index (χ4n) is 0.746. The summed E-state index contributed by atoms with van der Waals surface area (Å²) in [5.74, 6) is 0. The molecule has 0 aromatic carbocycles. The van der Waals surface area contributed by atoms with Crippen LogP contribution in [0.4, 0.5) is 0 Å². The molecule has 0 saturated heterocycles. The van der Waals surface area contributed by atoms with Crippen molar-refractivity contribution in [3.8, 4) is 0 Å². The minimum Gasteiger partial charge on any atom is -0.270 e. The number of hydrogen-bond acceptors (Lipinski definition) is 4. The Labute approximate surface area is 76.1 Å². The fourth-order valence-corrected chi connectivity index (χ4v) is 1.84. The number of thiophene rings is 1. The second-order valence-electron chi connectivity index (χ2n) is 2.41. The van der Waals surface area contributed by atoms with Gasteiger partial charge in [-0.1, -0.05) is 0 Å². The van der Waals surface area contributed by atoms with E-state index in [1.165, 1.54) is 0 Å². The van der Waals surface area contributed by atoms with Gasteiger partial charge in [0.25, 0.3) is 10.1 Å². The van der Waals surface area contributed by atoms with E-state index in [0.717, 1.165) is 11.8 Å². The molecule has 3 nitrogen and oxygen atoms in total. The number of rotatable bonds is 4. The lowest BCUT2D eigenvalue weighted by atomic mass is 10.3. The van der Waals surface area contributed by atoms with Crippen LogP contribution in [0.15, 0.2) is 16.8 Å². The van der Waals surface area contributed by atoms with Crippen LogP contribution in [0.1, 0.15) is 5.56 Å². The molecule has 0 fully saturated rings. The van der Waals surface area contributed by atoms with Crippen molar-refractivity contribution in [2.45, 2.75) is 6.42 Å². The molecule has 0 atom stereocenters. The zero-order valence-electron chi connectivity index (χ0n) is 6.69. The lowest BCUT2D eigenvalue weighted by molar-refractivity contribution is 0.326. The Morgan fingerprint density at radius 3 is 2.83 bits per heavy atom. The van der Waals surface area contributed by atoms with Gasteiger partial charge in [0.1, 0.15) is 0 Å². The largest absolute Gasteiger partial charge is 0.270 e. The highest BCUT2D eigenvalue weighted by atomic mass is 32.2. The normalized spacial score (nSPS) is 11.8. The van der Waals surface area contributed by atoms with Crippen molar-refractivity contribution in [3.05, 3.63) is 22.4 Å². The van der Waals surface area contributed by atoms with Crippen molar-refractivity contribution in [2.75, 3.05) is 12.9 Å². The molecule has 1 aromatic rings. The van der Waals surface area contributed by atoms with Crippen LogP contribution in [-0.2, 0) is 20.7 Å². The third-order valence-corrected chi connectivity index (χ3v) is 2.60. The van der Waals surface area contributed by atoms with E-state index < -0.39 is 10.1 Å². The zero-order valence-corrected chi connectivity index (χ0v) is 8.32. The van der Waals surface area contributed by atoms with Crippen LogP contribution in [0.3, 0.4) is 0 Å². The first-order valence-electron chi connectivity index (χ1n) is 3.43. The van der Waals surface area contributed by atoms with E-state index in [-0.39, 0.29) is 6.61 Å². The molecule has 0 spiro atoms. The maximum Gasteiger partial charge on any atom is 0.264 e. The first kappa shape index (κ1) is 9.70. The summed E-state index contributed by atoms with van der Waals surface area (Å²) in [7, 11) is -3.27. The zero-order chi connectivity index (χ0) is 9.03. The molecule has 0 aliphatic rings. The Morgan fingerprint density at radius 1 is 1.58 bits per heavy atom. The molecule has 0 saturated carbocycles. The SMILES string of the molecule is CS(=O)(=O)OCCc1ccsc1. The van der Waals surface area contributed by atoms with Crippen LogP contribution in [0, 0.1) is 0 Å². The highest BCUT2D eigenvalue weighted by Crippen LogP contribution is 2.06. The standard InChI is InChI=1S/C7H10O3S2/c1-12(8,9)10-4-2-7-3-5-11-6-7/h3,5-6H,2,4H2,1H3. The topological polar surface area (TPSA) is 43.4 Å². The van der Waals surface area contributed by atoms with E-state index in [2.05, 4.69) is 4.18 Å². The van der Waals surface area contributed by atoms with Gasteiger partial charge in [-0.15, -0.1) is 0 Å². The van der Waals surface area contributed by atoms with E-state index in [1.807, 2.05) is 16.8 Å². The molecular weight excluding hydrogens is 196 g/mol. The molecule has 0 N–H and O–H groups in total. The highest BCUT2D eigenvalue weighted by Gasteiger charge is 2.01. The average Bonchev–Trinajstić information content (AvgIpc) is 2.36. The van der Waals surface area contributed by atoms with E-state index in [0.29, 0.717) is 6.42 Å². The fraction of sp³-hybridized carbons (Fsp3) is 0.429. The van der Waals surface area contributed by atoms with E-state index in [4.69, 9.17) is 0 Å². The van der Waals surface area contributed by atoms with Crippen molar-refractivity contribution < 1.29 is 12.6 Å². The van der Waals surface area contributed by atoms with Crippen molar-refractivity contribution >= 4 is 21.5 Å². The molecule has 68 valence electrons. The van der Waals surface area contributed by atoms with Crippen LogP contribution < -0.4 is 0 Å². The molecule has 0 unspecified atom stereocenters. The molecule has 0 aliphatic carbocycles. The molecule has 0 aliphatic heterocycles. The Bertz CT molecular complexity index is 312. The first-order chi connectivity index (χ1) is 5.58. The third kappa shape index (κ3) is 3.85. The van der Waals surface area contributed by atoms with Gasteiger partial charge in [-0.2, -0.15) is 19.8 Å². The second kappa shape index (κ2) is 4.02. The van der Waals surface area contributed by atoms with Gasteiger partial charge in [0.05, 0.1) is 12.9 Å². The molecule has 0 radical (unpaired) electrons. The molecule has 1 rings (SSSR count). The van der Waals surface area contributed by atoms with Gasteiger partial charge in [-0.25, -0.2) is 0 Å². The van der Waals surface area contributed by atoms with Crippen LogP contribution >= 0.6 is 11.3 Å². The smallest absolute Gasteiger partial charge is 0.264 e. The molecular formula is C7H10O3S2. The van der Waals surface area contributed by atoms with E-state index >= 15 is 0 Å². The minimum atomic E-state index is -3.27. The maximum atomic E-state index is 10.5. The molecule has 5 heteroatoms. The van der Waals surface area contributed by atoms with Gasteiger partial charge in [-0.05, 0) is 28.8 Å². The molecule has 12 heavy (non-hydrogen) atoms. The Kier molecular flexibility index (Phi) is 3.25. The van der Waals surface area contributed by atoms with Crippen LogP contribution in [0.2, 0.25) is 0 Å². The summed E-state index contributed by atoms with van der Waals surface area (Å²) in [5.41, 5.74) is 1.11. The van der Waals surface area contributed by atoms with Gasteiger partial charge < -0.3 is 0 Å². The Hall–Kier alpha value is -0.390. The molecule has 1 heterocycles. The monoisotopic (exact) mass is 206 g/mol. The highest BCUT2D eigenvalue weighted by molar-refractivity contribution is 7.85. The molecule has 0 amide bonds. The van der Waals surface area contributed by atoms with E-state index in [9.17, 15) is 8.42 Å². The average molecular weight is 206 g/mol. The second-order valence-corrected chi connectivity index (χ2v) is 4.83. The summed E-state index contributed by atoms with van der Waals surface area (Å²) in [4.78, 5) is 0.